The fourth-order valence-corrected chi connectivity index (χ4v) is 0.807. The molecule has 0 bridgehead atoms. The van der Waals surface area contributed by atoms with Crippen LogP contribution in [0, 0.1) is 11.3 Å². The van der Waals surface area contributed by atoms with Crippen molar-refractivity contribution in [1.29, 1.82) is 5.26 Å². The van der Waals surface area contributed by atoms with Crippen molar-refractivity contribution in [3.05, 3.63) is 23.9 Å². The molecule has 0 unspecified atom stereocenters. The van der Waals surface area contributed by atoms with Crippen molar-refractivity contribution in [3.63, 3.8) is 0 Å². The minimum atomic E-state index is 0.546. The Morgan fingerprint density at radius 3 is 3.18 bits per heavy atom. The molecular weight excluding hydrogens is 142 g/mol. The van der Waals surface area contributed by atoms with E-state index in [1.165, 1.54) is 4.52 Å². The Morgan fingerprint density at radius 2 is 2.36 bits per heavy atom. The molecule has 5 heteroatoms. The Morgan fingerprint density at radius 1 is 1.45 bits per heavy atom. The number of aromatic nitrogens is 4. The molecule has 0 aliphatic heterocycles. The van der Waals surface area contributed by atoms with Crippen molar-refractivity contribution < 1.29 is 0 Å². The summed E-state index contributed by atoms with van der Waals surface area (Å²) in [5, 5.41) is 19.3. The van der Waals surface area contributed by atoms with Crippen molar-refractivity contribution in [2.45, 2.75) is 0 Å². The molecule has 0 aliphatic carbocycles. The molecule has 0 saturated carbocycles. The summed E-state index contributed by atoms with van der Waals surface area (Å²) in [4.78, 5) is 0. The second kappa shape index (κ2) is 2.02. The number of fused-ring (bicyclic) bond motifs is 1. The SMILES string of the molecule is N#Cc1ccc2nnnn2c1. The van der Waals surface area contributed by atoms with E-state index in [2.05, 4.69) is 15.5 Å². The monoisotopic (exact) mass is 145 g/mol. The van der Waals surface area contributed by atoms with Crippen LogP contribution >= 0.6 is 0 Å². The van der Waals surface area contributed by atoms with Crippen molar-refractivity contribution in [2.75, 3.05) is 0 Å². The Kier molecular flexibility index (Phi) is 1.07. The van der Waals surface area contributed by atoms with Gasteiger partial charge in [-0.1, -0.05) is 0 Å². The van der Waals surface area contributed by atoms with Gasteiger partial charge in [-0.05, 0) is 22.6 Å². The summed E-state index contributed by atoms with van der Waals surface area (Å²) >= 11 is 0. The number of rotatable bonds is 0. The summed E-state index contributed by atoms with van der Waals surface area (Å²) in [6, 6.07) is 5.36. The van der Waals surface area contributed by atoms with E-state index in [9.17, 15) is 0 Å². The topological polar surface area (TPSA) is 66.9 Å². The second-order valence-corrected chi connectivity index (χ2v) is 2.01. The van der Waals surface area contributed by atoms with E-state index in [4.69, 9.17) is 5.26 Å². The molecule has 0 radical (unpaired) electrons. The average Bonchev–Trinajstić information content (AvgIpc) is 2.50. The average molecular weight is 145 g/mol. The van der Waals surface area contributed by atoms with E-state index < -0.39 is 0 Å². The van der Waals surface area contributed by atoms with Gasteiger partial charge in [0.25, 0.3) is 0 Å². The van der Waals surface area contributed by atoms with Gasteiger partial charge >= 0.3 is 0 Å². The van der Waals surface area contributed by atoms with Gasteiger partial charge < -0.3 is 0 Å². The van der Waals surface area contributed by atoms with Crippen LogP contribution in [0.15, 0.2) is 18.3 Å². The predicted octanol–water partition coefficient (Wildman–Crippen LogP) is -0.00402. The molecule has 0 aromatic carbocycles. The molecule has 2 heterocycles. The first-order chi connectivity index (χ1) is 5.40. The molecule has 0 fully saturated rings. The minimum absolute atomic E-state index is 0.546. The number of hydrogen-bond donors (Lipinski definition) is 0. The van der Waals surface area contributed by atoms with Crippen LogP contribution in [-0.2, 0) is 0 Å². The van der Waals surface area contributed by atoms with E-state index in [0.29, 0.717) is 11.2 Å². The Labute approximate surface area is 61.9 Å². The number of pyridine rings is 1. The largest absolute Gasteiger partial charge is 0.199 e. The van der Waals surface area contributed by atoms with Crippen LogP contribution in [-0.4, -0.2) is 20.0 Å². The predicted molar refractivity (Wildman–Crippen MR) is 35.5 cm³/mol. The molecule has 2 rings (SSSR count). The highest BCUT2D eigenvalue weighted by Gasteiger charge is 1.95. The number of hydrogen-bond acceptors (Lipinski definition) is 4. The highest BCUT2D eigenvalue weighted by molar-refractivity contribution is 5.39. The first-order valence-corrected chi connectivity index (χ1v) is 2.98. The first kappa shape index (κ1) is 5.80. The molecule has 0 atom stereocenters. The quantitative estimate of drug-likeness (QED) is 0.523. The fourth-order valence-electron chi connectivity index (χ4n) is 0.807. The van der Waals surface area contributed by atoms with Crippen molar-refractivity contribution >= 4 is 5.65 Å². The van der Waals surface area contributed by atoms with Gasteiger partial charge in [0.15, 0.2) is 5.65 Å². The molecule has 0 aliphatic rings. The van der Waals surface area contributed by atoms with Crippen LogP contribution in [0.4, 0.5) is 0 Å². The molecule has 11 heavy (non-hydrogen) atoms. The molecule has 0 saturated heterocycles. The zero-order valence-electron chi connectivity index (χ0n) is 5.47. The molecular formula is C6H3N5. The zero-order chi connectivity index (χ0) is 7.68. The summed E-state index contributed by atoms with van der Waals surface area (Å²) < 4.78 is 1.46. The van der Waals surface area contributed by atoms with Crippen LogP contribution in [0.3, 0.4) is 0 Å². The maximum Gasteiger partial charge on any atom is 0.179 e. The third kappa shape index (κ3) is 0.809. The normalized spacial score (nSPS) is 9.73. The maximum absolute atomic E-state index is 8.50. The second-order valence-electron chi connectivity index (χ2n) is 2.01. The molecule has 52 valence electrons. The van der Waals surface area contributed by atoms with Crippen LogP contribution in [0.2, 0.25) is 0 Å². The van der Waals surface area contributed by atoms with Gasteiger partial charge in [0, 0.05) is 0 Å². The Hall–Kier alpha value is -1.96. The van der Waals surface area contributed by atoms with Gasteiger partial charge in [-0.15, -0.1) is 5.10 Å². The Bertz CT molecular complexity index is 424. The summed E-state index contributed by atoms with van der Waals surface area (Å²) in [5.74, 6) is 0. The lowest BCUT2D eigenvalue weighted by Crippen LogP contribution is -1.87. The van der Waals surface area contributed by atoms with Crippen molar-refractivity contribution in [1.82, 2.24) is 20.0 Å². The van der Waals surface area contributed by atoms with E-state index in [1.54, 1.807) is 18.3 Å². The minimum Gasteiger partial charge on any atom is -0.199 e. The van der Waals surface area contributed by atoms with Gasteiger partial charge in [-0.25, -0.2) is 0 Å². The zero-order valence-corrected chi connectivity index (χ0v) is 5.47. The number of tetrazole rings is 1. The van der Waals surface area contributed by atoms with Crippen molar-refractivity contribution in [2.24, 2.45) is 0 Å². The van der Waals surface area contributed by atoms with E-state index >= 15 is 0 Å². The van der Waals surface area contributed by atoms with Crippen LogP contribution in [0.25, 0.3) is 5.65 Å². The third-order valence-electron chi connectivity index (χ3n) is 1.32. The Balaban J connectivity index is 2.79. The summed E-state index contributed by atoms with van der Waals surface area (Å²) in [6.07, 6.45) is 1.58. The fraction of sp³-hybridized carbons (Fsp3) is 0. The van der Waals surface area contributed by atoms with Crippen molar-refractivity contribution in [3.8, 4) is 6.07 Å². The van der Waals surface area contributed by atoms with E-state index in [1.807, 2.05) is 6.07 Å². The standard InChI is InChI=1S/C6H3N5/c7-3-5-1-2-6-8-9-10-11(6)4-5/h1-2,4H. The lowest BCUT2D eigenvalue weighted by molar-refractivity contribution is 0.822. The summed E-state index contributed by atoms with van der Waals surface area (Å²) in [6.45, 7) is 0. The van der Waals surface area contributed by atoms with E-state index in [0.717, 1.165) is 0 Å². The summed E-state index contributed by atoms with van der Waals surface area (Å²) in [7, 11) is 0. The van der Waals surface area contributed by atoms with Crippen LogP contribution in [0.1, 0.15) is 5.56 Å². The lowest BCUT2D eigenvalue weighted by atomic mass is 10.3. The van der Waals surface area contributed by atoms with Gasteiger partial charge in [-0.3, -0.25) is 0 Å². The van der Waals surface area contributed by atoms with Gasteiger partial charge in [0.05, 0.1) is 11.8 Å². The molecule has 0 N–H and O–H groups in total. The van der Waals surface area contributed by atoms with Gasteiger partial charge in [-0.2, -0.15) is 9.78 Å². The highest BCUT2D eigenvalue weighted by Crippen LogP contribution is 1.99. The van der Waals surface area contributed by atoms with E-state index in [-0.39, 0.29) is 0 Å². The first-order valence-electron chi connectivity index (χ1n) is 2.98. The van der Waals surface area contributed by atoms with Gasteiger partial charge in [0.1, 0.15) is 6.07 Å². The molecule has 0 amide bonds. The number of nitriles is 1. The molecule has 2 aromatic rings. The smallest absolute Gasteiger partial charge is 0.179 e. The number of nitrogens with zero attached hydrogens (tertiary/aromatic N) is 5. The maximum atomic E-state index is 8.50. The molecule has 5 nitrogen and oxygen atoms in total. The summed E-state index contributed by atoms with van der Waals surface area (Å²) in [5.41, 5.74) is 1.19. The van der Waals surface area contributed by atoms with Gasteiger partial charge in [0.2, 0.25) is 0 Å². The third-order valence-corrected chi connectivity index (χ3v) is 1.32. The molecule has 0 spiro atoms. The van der Waals surface area contributed by atoms with Crippen LogP contribution in [0.5, 0.6) is 0 Å². The highest BCUT2D eigenvalue weighted by atomic mass is 15.5. The molecule has 2 aromatic heterocycles. The van der Waals surface area contributed by atoms with Crippen LogP contribution < -0.4 is 0 Å². The lowest BCUT2D eigenvalue weighted by Gasteiger charge is -1.87.